The van der Waals surface area contributed by atoms with Crippen LogP contribution in [0.15, 0.2) is 35.1 Å². The van der Waals surface area contributed by atoms with Gasteiger partial charge in [0.2, 0.25) is 5.89 Å². The first-order chi connectivity index (χ1) is 8.88. The average Bonchev–Trinajstić information content (AvgIpc) is 2.90. The Kier molecular flexibility index (Phi) is 4.72. The molecule has 1 N–H and O–H groups in total. The van der Waals surface area contributed by atoms with Crippen LogP contribution in [0, 0.1) is 0 Å². The third-order valence-electron chi connectivity index (χ3n) is 2.49. The van der Waals surface area contributed by atoms with Gasteiger partial charge in [-0.05, 0) is 24.6 Å². The second-order valence-electron chi connectivity index (χ2n) is 3.84. The SMILES string of the molecule is CCOc1ccc(CNCCc2ncno2)cc1. The summed E-state index contributed by atoms with van der Waals surface area (Å²) in [5.41, 5.74) is 1.23. The minimum atomic E-state index is 0.661. The molecule has 0 saturated heterocycles. The van der Waals surface area contributed by atoms with Crippen molar-refractivity contribution in [3.8, 4) is 5.75 Å². The topological polar surface area (TPSA) is 60.2 Å². The summed E-state index contributed by atoms with van der Waals surface area (Å²) < 4.78 is 10.3. The van der Waals surface area contributed by atoms with E-state index in [1.54, 1.807) is 0 Å². The number of aromatic nitrogens is 2. The first kappa shape index (κ1) is 12.6. The van der Waals surface area contributed by atoms with Gasteiger partial charge >= 0.3 is 0 Å². The fourth-order valence-corrected chi connectivity index (χ4v) is 1.60. The van der Waals surface area contributed by atoms with Gasteiger partial charge in [-0.2, -0.15) is 4.98 Å². The molecule has 0 aliphatic carbocycles. The van der Waals surface area contributed by atoms with Gasteiger partial charge < -0.3 is 14.6 Å². The van der Waals surface area contributed by atoms with Crippen molar-refractivity contribution in [1.82, 2.24) is 15.5 Å². The summed E-state index contributed by atoms with van der Waals surface area (Å²) in [6, 6.07) is 8.09. The zero-order valence-corrected chi connectivity index (χ0v) is 10.4. The van der Waals surface area contributed by atoms with Gasteiger partial charge in [-0.25, -0.2) is 0 Å². The molecule has 0 bridgehead atoms. The van der Waals surface area contributed by atoms with Gasteiger partial charge in [0.05, 0.1) is 6.61 Å². The Hall–Kier alpha value is -1.88. The number of ether oxygens (including phenoxy) is 1. The van der Waals surface area contributed by atoms with Crippen molar-refractivity contribution in [2.24, 2.45) is 0 Å². The summed E-state index contributed by atoms with van der Waals surface area (Å²) in [5, 5.41) is 6.88. The van der Waals surface area contributed by atoms with Gasteiger partial charge in [-0.1, -0.05) is 17.3 Å². The van der Waals surface area contributed by atoms with E-state index in [4.69, 9.17) is 9.26 Å². The lowest BCUT2D eigenvalue weighted by Crippen LogP contribution is -2.16. The van der Waals surface area contributed by atoms with Crippen molar-refractivity contribution in [3.63, 3.8) is 0 Å². The normalized spacial score (nSPS) is 10.5. The van der Waals surface area contributed by atoms with Crippen molar-refractivity contribution < 1.29 is 9.26 Å². The summed E-state index contributed by atoms with van der Waals surface area (Å²) in [7, 11) is 0. The molecule has 5 heteroatoms. The van der Waals surface area contributed by atoms with E-state index in [0.29, 0.717) is 12.5 Å². The fraction of sp³-hybridized carbons (Fsp3) is 0.385. The molecule has 0 amide bonds. The van der Waals surface area contributed by atoms with Crippen LogP contribution in [0.1, 0.15) is 18.4 Å². The van der Waals surface area contributed by atoms with Crippen LogP contribution in [0.3, 0.4) is 0 Å². The predicted octanol–water partition coefficient (Wildman–Crippen LogP) is 1.80. The number of hydrogen-bond donors (Lipinski definition) is 1. The van der Waals surface area contributed by atoms with Crippen molar-refractivity contribution in [2.75, 3.05) is 13.2 Å². The van der Waals surface area contributed by atoms with E-state index in [9.17, 15) is 0 Å². The fourth-order valence-electron chi connectivity index (χ4n) is 1.60. The number of nitrogens with one attached hydrogen (secondary N) is 1. The van der Waals surface area contributed by atoms with E-state index in [1.165, 1.54) is 11.9 Å². The smallest absolute Gasteiger partial charge is 0.227 e. The highest BCUT2D eigenvalue weighted by atomic mass is 16.5. The van der Waals surface area contributed by atoms with Crippen LogP contribution in [0.4, 0.5) is 0 Å². The standard InChI is InChI=1S/C13H17N3O2/c1-2-17-12-5-3-11(4-6-12)9-14-8-7-13-15-10-16-18-13/h3-6,10,14H,2,7-9H2,1H3. The monoisotopic (exact) mass is 247 g/mol. The van der Waals surface area contributed by atoms with Crippen LogP contribution in [-0.2, 0) is 13.0 Å². The van der Waals surface area contributed by atoms with Gasteiger partial charge in [-0.15, -0.1) is 0 Å². The van der Waals surface area contributed by atoms with Crippen molar-refractivity contribution >= 4 is 0 Å². The van der Waals surface area contributed by atoms with E-state index >= 15 is 0 Å². The van der Waals surface area contributed by atoms with Crippen LogP contribution < -0.4 is 10.1 Å². The van der Waals surface area contributed by atoms with Crippen LogP contribution in [0.2, 0.25) is 0 Å². The molecule has 0 spiro atoms. The minimum absolute atomic E-state index is 0.661. The largest absolute Gasteiger partial charge is 0.494 e. The Morgan fingerprint density at radius 3 is 2.78 bits per heavy atom. The summed E-state index contributed by atoms with van der Waals surface area (Å²) in [5.74, 6) is 1.57. The van der Waals surface area contributed by atoms with E-state index in [-0.39, 0.29) is 0 Å². The Balaban J connectivity index is 1.69. The molecule has 0 radical (unpaired) electrons. The Bertz CT molecular complexity index is 440. The van der Waals surface area contributed by atoms with Crippen LogP contribution in [-0.4, -0.2) is 23.3 Å². The van der Waals surface area contributed by atoms with Gasteiger partial charge in [0, 0.05) is 19.5 Å². The average molecular weight is 247 g/mol. The van der Waals surface area contributed by atoms with Crippen LogP contribution >= 0.6 is 0 Å². The first-order valence-corrected chi connectivity index (χ1v) is 6.06. The second-order valence-corrected chi connectivity index (χ2v) is 3.84. The molecular weight excluding hydrogens is 230 g/mol. The van der Waals surface area contributed by atoms with Crippen LogP contribution in [0.25, 0.3) is 0 Å². The summed E-state index contributed by atoms with van der Waals surface area (Å²) in [6.07, 6.45) is 2.17. The van der Waals surface area contributed by atoms with Gasteiger partial charge in [0.1, 0.15) is 5.75 Å². The maximum Gasteiger partial charge on any atom is 0.227 e. The van der Waals surface area contributed by atoms with E-state index in [0.717, 1.165) is 25.3 Å². The number of rotatable bonds is 7. The zero-order valence-electron chi connectivity index (χ0n) is 10.4. The second kappa shape index (κ2) is 6.76. The molecule has 0 saturated carbocycles. The molecule has 1 aromatic carbocycles. The lowest BCUT2D eigenvalue weighted by molar-refractivity contribution is 0.340. The molecule has 0 atom stereocenters. The van der Waals surface area contributed by atoms with E-state index in [1.807, 2.05) is 19.1 Å². The molecular formula is C13H17N3O2. The van der Waals surface area contributed by atoms with Crippen LogP contribution in [0.5, 0.6) is 5.75 Å². The highest BCUT2D eigenvalue weighted by molar-refractivity contribution is 5.27. The molecule has 2 aromatic rings. The number of hydrogen-bond acceptors (Lipinski definition) is 5. The summed E-state index contributed by atoms with van der Waals surface area (Å²) in [6.45, 7) is 4.31. The molecule has 0 fully saturated rings. The molecule has 5 nitrogen and oxygen atoms in total. The number of benzene rings is 1. The molecule has 96 valence electrons. The summed E-state index contributed by atoms with van der Waals surface area (Å²) in [4.78, 5) is 3.96. The van der Waals surface area contributed by atoms with Crippen molar-refractivity contribution in [2.45, 2.75) is 19.9 Å². The van der Waals surface area contributed by atoms with Crippen molar-refractivity contribution in [1.29, 1.82) is 0 Å². The maximum atomic E-state index is 5.39. The molecule has 1 aromatic heterocycles. The quantitative estimate of drug-likeness (QED) is 0.756. The van der Waals surface area contributed by atoms with Gasteiger partial charge in [-0.3, -0.25) is 0 Å². The summed E-state index contributed by atoms with van der Waals surface area (Å²) >= 11 is 0. The lowest BCUT2D eigenvalue weighted by atomic mass is 10.2. The molecule has 0 aliphatic rings. The first-order valence-electron chi connectivity index (χ1n) is 6.06. The third kappa shape index (κ3) is 3.85. The maximum absolute atomic E-state index is 5.39. The Labute approximate surface area is 106 Å². The lowest BCUT2D eigenvalue weighted by Gasteiger charge is -2.05. The molecule has 2 rings (SSSR count). The third-order valence-corrected chi connectivity index (χ3v) is 2.49. The molecule has 0 unspecified atom stereocenters. The molecule has 18 heavy (non-hydrogen) atoms. The minimum Gasteiger partial charge on any atom is -0.494 e. The predicted molar refractivity (Wildman–Crippen MR) is 67.3 cm³/mol. The Morgan fingerprint density at radius 2 is 2.11 bits per heavy atom. The molecule has 0 aliphatic heterocycles. The molecule has 1 heterocycles. The number of nitrogens with zero attached hydrogens (tertiary/aromatic N) is 2. The van der Waals surface area contributed by atoms with E-state index in [2.05, 4.69) is 27.6 Å². The Morgan fingerprint density at radius 1 is 1.28 bits per heavy atom. The van der Waals surface area contributed by atoms with Gasteiger partial charge in [0.15, 0.2) is 6.33 Å². The highest BCUT2D eigenvalue weighted by Gasteiger charge is 1.99. The highest BCUT2D eigenvalue weighted by Crippen LogP contribution is 2.11. The van der Waals surface area contributed by atoms with Crippen molar-refractivity contribution in [3.05, 3.63) is 42.0 Å². The van der Waals surface area contributed by atoms with E-state index < -0.39 is 0 Å². The zero-order chi connectivity index (χ0) is 12.6. The van der Waals surface area contributed by atoms with Gasteiger partial charge in [0.25, 0.3) is 0 Å².